The van der Waals surface area contributed by atoms with Gasteiger partial charge < -0.3 is 4.57 Å². The van der Waals surface area contributed by atoms with Gasteiger partial charge in [-0.2, -0.15) is 0 Å². The predicted molar refractivity (Wildman–Crippen MR) is 198 cm³/mol. The molecule has 10 rings (SSSR count). The zero-order valence-corrected chi connectivity index (χ0v) is 26.8. The van der Waals surface area contributed by atoms with Gasteiger partial charge in [-0.3, -0.25) is 0 Å². The lowest BCUT2D eigenvalue weighted by Crippen LogP contribution is -2.16. The third-order valence-corrected chi connectivity index (χ3v) is 11.2. The number of benzene rings is 6. The number of aromatic nitrogens is 3. The van der Waals surface area contributed by atoms with E-state index in [0.717, 1.165) is 38.5 Å². The summed E-state index contributed by atoms with van der Waals surface area (Å²) in [5, 5.41) is 3.74. The average Bonchev–Trinajstić information content (AvgIpc) is 3.74. The van der Waals surface area contributed by atoms with Crippen LogP contribution in [0.3, 0.4) is 0 Å². The van der Waals surface area contributed by atoms with Crippen LogP contribution >= 0.6 is 11.3 Å². The predicted octanol–water partition coefficient (Wildman–Crippen LogP) is 11.6. The molecule has 0 atom stereocenters. The van der Waals surface area contributed by atoms with Crippen LogP contribution in [0.4, 0.5) is 0 Å². The fourth-order valence-electron chi connectivity index (χ4n) is 7.85. The summed E-state index contributed by atoms with van der Waals surface area (Å²) in [6, 6.07) is 50.2. The van der Waals surface area contributed by atoms with Crippen molar-refractivity contribution in [2.24, 2.45) is 0 Å². The minimum atomic E-state index is -0.126. The van der Waals surface area contributed by atoms with E-state index in [0.29, 0.717) is 0 Å². The lowest BCUT2D eigenvalue weighted by atomic mass is 9.81. The summed E-state index contributed by atoms with van der Waals surface area (Å²) in [6.07, 6.45) is 0. The SMILES string of the molecule is CC1(C)c2ccccc2-c2ccc3c4ccccc4n(-c4ccc(-c5nc(-c6ccccc6)nc6c5sc5ccccc56)cc4)c3c21. The van der Waals surface area contributed by atoms with Crippen LogP contribution in [0.25, 0.3) is 81.6 Å². The van der Waals surface area contributed by atoms with E-state index in [9.17, 15) is 0 Å². The van der Waals surface area contributed by atoms with Crippen LogP contribution in [0.2, 0.25) is 0 Å². The summed E-state index contributed by atoms with van der Waals surface area (Å²) in [7, 11) is 0. The summed E-state index contributed by atoms with van der Waals surface area (Å²) in [5.41, 5.74) is 13.1. The standard InChI is InChI=1S/C43H29N3S/c1-43(2)34-17-9-6-14-29(34)31-24-25-32-30-15-7-10-18-35(30)46(40(32)37(31)43)28-22-20-26(21-23-28)38-41-39(33-16-8-11-19-36(33)47-41)45-42(44-38)27-12-4-3-5-13-27/h3-25H,1-2H3. The molecule has 1 aliphatic carbocycles. The molecule has 1 aliphatic rings. The summed E-state index contributed by atoms with van der Waals surface area (Å²) in [6.45, 7) is 4.75. The van der Waals surface area contributed by atoms with E-state index in [-0.39, 0.29) is 5.41 Å². The van der Waals surface area contributed by atoms with Gasteiger partial charge in [0.25, 0.3) is 0 Å². The van der Waals surface area contributed by atoms with Gasteiger partial charge >= 0.3 is 0 Å². The minimum absolute atomic E-state index is 0.126. The molecule has 0 saturated heterocycles. The fraction of sp³-hybridized carbons (Fsp3) is 0.0698. The van der Waals surface area contributed by atoms with Crippen molar-refractivity contribution in [3.63, 3.8) is 0 Å². The van der Waals surface area contributed by atoms with E-state index in [1.165, 1.54) is 54.1 Å². The monoisotopic (exact) mass is 619 g/mol. The van der Waals surface area contributed by atoms with Gasteiger partial charge in [0.1, 0.15) is 0 Å². The molecular formula is C43H29N3S. The fourth-order valence-corrected chi connectivity index (χ4v) is 9.01. The molecule has 3 aromatic heterocycles. The molecule has 6 aromatic carbocycles. The van der Waals surface area contributed by atoms with Crippen LogP contribution in [0, 0.1) is 0 Å². The van der Waals surface area contributed by atoms with Crippen molar-refractivity contribution in [2.45, 2.75) is 19.3 Å². The van der Waals surface area contributed by atoms with Gasteiger partial charge in [-0.25, -0.2) is 9.97 Å². The quantitative estimate of drug-likeness (QED) is 0.197. The van der Waals surface area contributed by atoms with Crippen molar-refractivity contribution in [3.8, 4) is 39.5 Å². The number of para-hydroxylation sites is 1. The maximum atomic E-state index is 5.21. The Kier molecular flexibility index (Phi) is 5.50. The van der Waals surface area contributed by atoms with Gasteiger partial charge in [-0.1, -0.05) is 129 Å². The van der Waals surface area contributed by atoms with Crippen molar-refractivity contribution in [2.75, 3.05) is 0 Å². The normalized spacial score (nSPS) is 13.5. The molecule has 0 saturated carbocycles. The maximum absolute atomic E-state index is 5.21. The number of hydrogen-bond acceptors (Lipinski definition) is 3. The van der Waals surface area contributed by atoms with Gasteiger partial charge in [-0.15, -0.1) is 11.3 Å². The first-order valence-electron chi connectivity index (χ1n) is 16.1. The highest BCUT2D eigenvalue weighted by atomic mass is 32.1. The molecule has 0 spiro atoms. The smallest absolute Gasteiger partial charge is 0.160 e. The zero-order valence-electron chi connectivity index (χ0n) is 26.0. The number of rotatable bonds is 3. The summed E-state index contributed by atoms with van der Waals surface area (Å²) < 4.78 is 4.82. The topological polar surface area (TPSA) is 30.7 Å². The van der Waals surface area contributed by atoms with Crippen LogP contribution in [0.1, 0.15) is 25.0 Å². The van der Waals surface area contributed by atoms with E-state index >= 15 is 0 Å². The first kappa shape index (κ1) is 26.6. The van der Waals surface area contributed by atoms with Crippen LogP contribution in [0.15, 0.2) is 140 Å². The van der Waals surface area contributed by atoms with E-state index in [1.807, 2.05) is 18.2 Å². The lowest BCUT2D eigenvalue weighted by molar-refractivity contribution is 0.664. The van der Waals surface area contributed by atoms with E-state index in [1.54, 1.807) is 11.3 Å². The van der Waals surface area contributed by atoms with Gasteiger partial charge in [0.2, 0.25) is 0 Å². The highest BCUT2D eigenvalue weighted by Crippen LogP contribution is 2.53. The molecular weight excluding hydrogens is 591 g/mol. The van der Waals surface area contributed by atoms with Crippen molar-refractivity contribution in [3.05, 3.63) is 151 Å². The lowest BCUT2D eigenvalue weighted by Gasteiger charge is -2.23. The highest BCUT2D eigenvalue weighted by molar-refractivity contribution is 7.26. The van der Waals surface area contributed by atoms with Gasteiger partial charge in [0, 0.05) is 43.1 Å². The molecule has 3 nitrogen and oxygen atoms in total. The molecule has 0 fully saturated rings. The Hall–Kier alpha value is -5.58. The third kappa shape index (κ3) is 3.73. The average molecular weight is 620 g/mol. The number of hydrogen-bond donors (Lipinski definition) is 0. The number of fused-ring (bicyclic) bond motifs is 10. The third-order valence-electron chi connectivity index (χ3n) is 10.0. The van der Waals surface area contributed by atoms with Crippen LogP contribution in [0.5, 0.6) is 0 Å². The molecule has 0 N–H and O–H groups in total. The molecule has 0 aliphatic heterocycles. The second kappa shape index (κ2) is 9.71. The molecule has 0 bridgehead atoms. The molecule has 4 heteroatoms. The Morgan fingerprint density at radius 2 is 1.30 bits per heavy atom. The van der Waals surface area contributed by atoms with Gasteiger partial charge in [0.15, 0.2) is 5.82 Å². The number of thiophene rings is 1. The first-order valence-corrected chi connectivity index (χ1v) is 16.9. The van der Waals surface area contributed by atoms with Crippen LogP contribution in [-0.2, 0) is 5.41 Å². The maximum Gasteiger partial charge on any atom is 0.160 e. The van der Waals surface area contributed by atoms with Crippen molar-refractivity contribution >= 4 is 53.4 Å². The van der Waals surface area contributed by atoms with E-state index in [2.05, 4.69) is 140 Å². The van der Waals surface area contributed by atoms with Gasteiger partial charge in [0.05, 0.1) is 26.9 Å². The van der Waals surface area contributed by atoms with Crippen molar-refractivity contribution in [1.82, 2.24) is 14.5 Å². The Morgan fingerprint density at radius 3 is 2.15 bits per heavy atom. The summed E-state index contributed by atoms with van der Waals surface area (Å²) >= 11 is 1.77. The highest BCUT2D eigenvalue weighted by Gasteiger charge is 2.38. The molecule has 222 valence electrons. The molecule has 3 heterocycles. The van der Waals surface area contributed by atoms with Crippen molar-refractivity contribution in [1.29, 1.82) is 0 Å². The molecule has 0 unspecified atom stereocenters. The van der Waals surface area contributed by atoms with Gasteiger partial charge in [-0.05, 0) is 46.5 Å². The second-order valence-electron chi connectivity index (χ2n) is 13.0. The van der Waals surface area contributed by atoms with Crippen LogP contribution in [-0.4, -0.2) is 14.5 Å². The Bertz CT molecular complexity index is 2700. The zero-order chi connectivity index (χ0) is 31.3. The molecule has 9 aromatic rings. The Balaban J connectivity index is 1.21. The number of nitrogens with zero attached hydrogens (tertiary/aromatic N) is 3. The minimum Gasteiger partial charge on any atom is -0.309 e. The van der Waals surface area contributed by atoms with E-state index < -0.39 is 0 Å². The second-order valence-corrected chi connectivity index (χ2v) is 14.0. The van der Waals surface area contributed by atoms with Crippen molar-refractivity contribution < 1.29 is 0 Å². The Morgan fingerprint density at radius 1 is 0.574 bits per heavy atom. The Labute approximate surface area is 276 Å². The van der Waals surface area contributed by atoms with Crippen LogP contribution < -0.4 is 0 Å². The molecule has 47 heavy (non-hydrogen) atoms. The molecule has 0 radical (unpaired) electrons. The van der Waals surface area contributed by atoms with E-state index in [4.69, 9.17) is 9.97 Å². The summed E-state index contributed by atoms with van der Waals surface area (Å²) in [5.74, 6) is 0.750. The first-order chi connectivity index (χ1) is 23.1. The summed E-state index contributed by atoms with van der Waals surface area (Å²) in [4.78, 5) is 10.3. The largest absolute Gasteiger partial charge is 0.309 e. The molecule has 0 amide bonds.